The highest BCUT2D eigenvalue weighted by Gasteiger charge is 2.22. The summed E-state index contributed by atoms with van der Waals surface area (Å²) in [4.78, 5) is 23.8. The summed E-state index contributed by atoms with van der Waals surface area (Å²) < 4.78 is 7.03. The minimum atomic E-state index is -0.489. The maximum Gasteiger partial charge on any atom is 0.272 e. The molecule has 0 saturated heterocycles. The van der Waals surface area contributed by atoms with Crippen LogP contribution in [-0.2, 0) is 11.5 Å². The average Bonchev–Trinajstić information content (AvgIpc) is 2.98. The zero-order valence-electron chi connectivity index (χ0n) is 13.9. The van der Waals surface area contributed by atoms with Crippen molar-refractivity contribution in [3.63, 3.8) is 0 Å². The molecular weight excluding hydrogens is 330 g/mol. The second kappa shape index (κ2) is 7.49. The van der Waals surface area contributed by atoms with Crippen LogP contribution >= 0.6 is 11.6 Å². The van der Waals surface area contributed by atoms with Crippen molar-refractivity contribution in [2.75, 3.05) is 6.54 Å². The zero-order valence-corrected chi connectivity index (χ0v) is 14.6. The van der Waals surface area contributed by atoms with E-state index in [-0.39, 0.29) is 24.8 Å². The van der Waals surface area contributed by atoms with Crippen LogP contribution in [0.5, 0.6) is 5.75 Å². The van der Waals surface area contributed by atoms with Crippen molar-refractivity contribution in [1.82, 2.24) is 15.1 Å². The molecule has 7 heteroatoms. The molecule has 1 aromatic carbocycles. The minimum Gasteiger partial charge on any atom is -0.471 e. The molecule has 0 saturated carbocycles. The van der Waals surface area contributed by atoms with Crippen LogP contribution in [0.25, 0.3) is 0 Å². The van der Waals surface area contributed by atoms with E-state index in [0.717, 1.165) is 0 Å². The Morgan fingerprint density at radius 1 is 1.29 bits per heavy atom. The molecule has 0 fully saturated rings. The Hall–Kier alpha value is -2.34. The molecule has 0 aliphatic rings. The Labute approximate surface area is 145 Å². The van der Waals surface area contributed by atoms with Crippen molar-refractivity contribution in [3.8, 4) is 5.75 Å². The molecule has 1 aromatic heterocycles. The predicted octanol–water partition coefficient (Wildman–Crippen LogP) is 2.92. The van der Waals surface area contributed by atoms with Crippen LogP contribution in [0.15, 0.2) is 36.5 Å². The number of nitrogens with one attached hydrogen (secondary N) is 1. The normalized spacial score (nSPS) is 11.2. The van der Waals surface area contributed by atoms with Crippen LogP contribution in [0.2, 0.25) is 5.02 Å². The van der Waals surface area contributed by atoms with Crippen LogP contribution in [0, 0.1) is 5.41 Å². The SMILES string of the molecule is CC(C)(C)C(=O)CNC(=O)c1ccn(COc2cccc(Cl)c2)n1. The Morgan fingerprint density at radius 2 is 2.04 bits per heavy atom. The smallest absolute Gasteiger partial charge is 0.272 e. The first-order chi connectivity index (χ1) is 11.3. The summed E-state index contributed by atoms with van der Waals surface area (Å²) in [6.45, 7) is 5.55. The van der Waals surface area contributed by atoms with Gasteiger partial charge in [-0.15, -0.1) is 0 Å². The van der Waals surface area contributed by atoms with Crippen molar-refractivity contribution in [1.29, 1.82) is 0 Å². The fraction of sp³-hybridized carbons (Fsp3) is 0.353. The highest BCUT2D eigenvalue weighted by molar-refractivity contribution is 6.30. The summed E-state index contributed by atoms with van der Waals surface area (Å²) >= 11 is 5.88. The summed E-state index contributed by atoms with van der Waals surface area (Å²) in [5.74, 6) is 0.174. The van der Waals surface area contributed by atoms with E-state index in [2.05, 4.69) is 10.4 Å². The van der Waals surface area contributed by atoms with Gasteiger partial charge in [-0.25, -0.2) is 4.68 Å². The van der Waals surface area contributed by atoms with E-state index in [4.69, 9.17) is 16.3 Å². The van der Waals surface area contributed by atoms with E-state index < -0.39 is 11.3 Å². The van der Waals surface area contributed by atoms with Crippen LogP contribution in [0.1, 0.15) is 31.3 Å². The van der Waals surface area contributed by atoms with Gasteiger partial charge in [0.15, 0.2) is 12.5 Å². The molecule has 0 spiro atoms. The highest BCUT2D eigenvalue weighted by atomic mass is 35.5. The molecular formula is C17H20ClN3O3. The van der Waals surface area contributed by atoms with Crippen LogP contribution in [-0.4, -0.2) is 28.0 Å². The molecule has 0 unspecified atom stereocenters. The van der Waals surface area contributed by atoms with Crippen molar-refractivity contribution in [2.24, 2.45) is 5.41 Å². The third-order valence-corrected chi connectivity index (χ3v) is 3.51. The lowest BCUT2D eigenvalue weighted by Gasteiger charge is -2.16. The van der Waals surface area contributed by atoms with E-state index in [9.17, 15) is 9.59 Å². The summed E-state index contributed by atoms with van der Waals surface area (Å²) in [7, 11) is 0. The Morgan fingerprint density at radius 3 is 2.71 bits per heavy atom. The number of ketones is 1. The van der Waals surface area contributed by atoms with E-state index >= 15 is 0 Å². The maximum atomic E-state index is 12.0. The lowest BCUT2D eigenvalue weighted by atomic mass is 9.91. The van der Waals surface area contributed by atoms with Crippen molar-refractivity contribution >= 4 is 23.3 Å². The average molecular weight is 350 g/mol. The first-order valence-corrected chi connectivity index (χ1v) is 7.87. The van der Waals surface area contributed by atoms with Gasteiger partial charge in [0.25, 0.3) is 5.91 Å². The molecule has 0 atom stereocenters. The van der Waals surface area contributed by atoms with Crippen molar-refractivity contribution in [2.45, 2.75) is 27.5 Å². The number of Topliss-reactive ketones (excluding diaryl/α,β-unsaturated/α-hetero) is 1. The summed E-state index contributed by atoms with van der Waals surface area (Å²) in [5.41, 5.74) is -0.261. The molecule has 128 valence electrons. The second-order valence-corrected chi connectivity index (χ2v) is 6.76. The topological polar surface area (TPSA) is 73.2 Å². The maximum absolute atomic E-state index is 12.0. The third kappa shape index (κ3) is 5.09. The number of aromatic nitrogens is 2. The number of hydrogen-bond acceptors (Lipinski definition) is 4. The fourth-order valence-corrected chi connectivity index (χ4v) is 1.95. The first-order valence-electron chi connectivity index (χ1n) is 7.49. The molecule has 1 heterocycles. The van der Waals surface area contributed by atoms with E-state index in [1.807, 2.05) is 20.8 Å². The summed E-state index contributed by atoms with van der Waals surface area (Å²) in [6.07, 6.45) is 1.63. The minimum absolute atomic E-state index is 0.0196. The van der Waals surface area contributed by atoms with Gasteiger partial charge in [0.05, 0.1) is 6.54 Å². The first kappa shape index (κ1) is 18.0. The number of carbonyl (C=O) groups excluding carboxylic acids is 2. The van der Waals surface area contributed by atoms with Gasteiger partial charge in [-0.05, 0) is 24.3 Å². The van der Waals surface area contributed by atoms with Gasteiger partial charge in [-0.1, -0.05) is 38.4 Å². The Balaban J connectivity index is 1.88. The molecule has 1 amide bonds. The number of hydrogen-bond donors (Lipinski definition) is 1. The number of nitrogens with zero attached hydrogens (tertiary/aromatic N) is 2. The highest BCUT2D eigenvalue weighted by Crippen LogP contribution is 2.17. The van der Waals surface area contributed by atoms with Gasteiger partial charge in [0.2, 0.25) is 0 Å². The number of ether oxygens (including phenoxy) is 1. The lowest BCUT2D eigenvalue weighted by molar-refractivity contribution is -0.125. The Bertz CT molecular complexity index is 735. The van der Waals surface area contributed by atoms with Gasteiger partial charge in [0.1, 0.15) is 11.4 Å². The monoisotopic (exact) mass is 349 g/mol. The largest absolute Gasteiger partial charge is 0.471 e. The molecule has 0 radical (unpaired) electrons. The number of carbonyl (C=O) groups is 2. The molecule has 0 aliphatic heterocycles. The molecule has 2 rings (SSSR count). The van der Waals surface area contributed by atoms with Gasteiger partial charge in [-0.2, -0.15) is 5.10 Å². The molecule has 0 aliphatic carbocycles. The van der Waals surface area contributed by atoms with E-state index in [1.54, 1.807) is 36.5 Å². The zero-order chi connectivity index (χ0) is 17.7. The van der Waals surface area contributed by atoms with Crippen molar-refractivity contribution in [3.05, 3.63) is 47.2 Å². The number of amides is 1. The van der Waals surface area contributed by atoms with Crippen LogP contribution in [0.4, 0.5) is 0 Å². The molecule has 2 aromatic rings. The van der Waals surface area contributed by atoms with Gasteiger partial charge in [0, 0.05) is 16.6 Å². The Kier molecular flexibility index (Phi) is 5.62. The van der Waals surface area contributed by atoms with Crippen LogP contribution in [0.3, 0.4) is 0 Å². The molecule has 6 nitrogen and oxygen atoms in total. The lowest BCUT2D eigenvalue weighted by Crippen LogP contribution is -2.35. The predicted molar refractivity (Wildman–Crippen MR) is 91.1 cm³/mol. The fourth-order valence-electron chi connectivity index (χ4n) is 1.77. The quantitative estimate of drug-likeness (QED) is 0.870. The molecule has 0 bridgehead atoms. The van der Waals surface area contributed by atoms with Gasteiger partial charge >= 0.3 is 0 Å². The third-order valence-electron chi connectivity index (χ3n) is 3.28. The number of halogens is 1. The summed E-state index contributed by atoms with van der Waals surface area (Å²) in [6, 6.07) is 8.58. The summed E-state index contributed by atoms with van der Waals surface area (Å²) in [5, 5.41) is 7.28. The number of rotatable bonds is 6. The second-order valence-electron chi connectivity index (χ2n) is 6.33. The molecule has 1 N–H and O–H groups in total. The molecule has 24 heavy (non-hydrogen) atoms. The van der Waals surface area contributed by atoms with E-state index in [0.29, 0.717) is 10.8 Å². The van der Waals surface area contributed by atoms with Gasteiger partial charge in [-0.3, -0.25) is 9.59 Å². The number of benzene rings is 1. The van der Waals surface area contributed by atoms with Crippen LogP contribution < -0.4 is 10.1 Å². The van der Waals surface area contributed by atoms with Crippen molar-refractivity contribution < 1.29 is 14.3 Å². The van der Waals surface area contributed by atoms with Gasteiger partial charge < -0.3 is 10.1 Å². The standard InChI is InChI=1S/C17H20ClN3O3/c1-17(2,3)15(22)10-19-16(23)14-7-8-21(20-14)11-24-13-6-4-5-12(18)9-13/h4-9H,10-11H2,1-3H3,(H,19,23). The van der Waals surface area contributed by atoms with E-state index in [1.165, 1.54) is 4.68 Å².